The molecule has 1 amide bonds. The summed E-state index contributed by atoms with van der Waals surface area (Å²) in [5, 5.41) is 9.96. The highest BCUT2D eigenvalue weighted by atomic mass is 16.5. The lowest BCUT2D eigenvalue weighted by Crippen LogP contribution is -2.42. The van der Waals surface area contributed by atoms with Crippen LogP contribution in [-0.4, -0.2) is 29.2 Å². The van der Waals surface area contributed by atoms with Gasteiger partial charge < -0.3 is 15.2 Å². The fourth-order valence-electron chi connectivity index (χ4n) is 2.56. The smallest absolute Gasteiger partial charge is 0.290 e. The molecule has 0 radical (unpaired) electrons. The summed E-state index contributed by atoms with van der Waals surface area (Å²) in [6.07, 6.45) is 4.91. The van der Waals surface area contributed by atoms with Crippen molar-refractivity contribution >= 4 is 5.91 Å². The second-order valence-electron chi connectivity index (χ2n) is 4.24. The fraction of sp³-hybridized carbons (Fsp3) is 0.600. The molecule has 0 aromatic carbocycles. The summed E-state index contributed by atoms with van der Waals surface area (Å²) in [7, 11) is 0. The normalized spacial score (nSPS) is 33.2. The van der Waals surface area contributed by atoms with Gasteiger partial charge in [-0.3, -0.25) is 4.79 Å². The third-order valence-electron chi connectivity index (χ3n) is 3.28. The lowest BCUT2D eigenvalue weighted by molar-refractivity contribution is 0.0893. The minimum absolute atomic E-state index is 0.160. The lowest BCUT2D eigenvalue weighted by Gasteiger charge is -2.20. The molecule has 0 saturated carbocycles. The molecule has 0 aliphatic carbocycles. The van der Waals surface area contributed by atoms with Gasteiger partial charge in [0.15, 0.2) is 0 Å². The zero-order valence-electron chi connectivity index (χ0n) is 8.27. The molecular weight excluding hydrogens is 194 g/mol. The zero-order valence-corrected chi connectivity index (χ0v) is 8.27. The largest absolute Gasteiger partial charge is 0.351 e. The SMILES string of the molecule is O=C(NC1CC2CCC1N2)c1ccno1. The highest BCUT2D eigenvalue weighted by Crippen LogP contribution is 2.28. The van der Waals surface area contributed by atoms with Crippen LogP contribution in [0.5, 0.6) is 0 Å². The fourth-order valence-corrected chi connectivity index (χ4v) is 2.56. The van der Waals surface area contributed by atoms with E-state index >= 15 is 0 Å². The number of rotatable bonds is 2. The van der Waals surface area contributed by atoms with Gasteiger partial charge in [0, 0.05) is 24.2 Å². The van der Waals surface area contributed by atoms with Crippen molar-refractivity contribution in [3.63, 3.8) is 0 Å². The first-order chi connectivity index (χ1) is 7.33. The van der Waals surface area contributed by atoms with Gasteiger partial charge in [0.1, 0.15) is 0 Å². The van der Waals surface area contributed by atoms with Crippen molar-refractivity contribution in [2.45, 2.75) is 37.4 Å². The Morgan fingerprint density at radius 1 is 1.60 bits per heavy atom. The number of hydrogen-bond donors (Lipinski definition) is 2. The van der Waals surface area contributed by atoms with Crippen molar-refractivity contribution in [2.75, 3.05) is 0 Å². The average molecular weight is 207 g/mol. The van der Waals surface area contributed by atoms with Crippen LogP contribution in [-0.2, 0) is 0 Å². The molecule has 2 bridgehead atoms. The number of nitrogens with zero attached hydrogens (tertiary/aromatic N) is 1. The number of carbonyl (C=O) groups is 1. The Hall–Kier alpha value is -1.36. The summed E-state index contributed by atoms with van der Waals surface area (Å²) in [5.41, 5.74) is 0. The molecule has 2 saturated heterocycles. The third-order valence-corrected chi connectivity index (χ3v) is 3.28. The van der Waals surface area contributed by atoms with Crippen LogP contribution in [0.3, 0.4) is 0 Å². The van der Waals surface area contributed by atoms with Gasteiger partial charge in [0.2, 0.25) is 5.76 Å². The minimum atomic E-state index is -0.160. The van der Waals surface area contributed by atoms with E-state index in [1.807, 2.05) is 0 Å². The van der Waals surface area contributed by atoms with Crippen LogP contribution in [0.1, 0.15) is 29.8 Å². The van der Waals surface area contributed by atoms with Gasteiger partial charge >= 0.3 is 0 Å². The van der Waals surface area contributed by atoms with Crippen molar-refractivity contribution < 1.29 is 9.32 Å². The minimum Gasteiger partial charge on any atom is -0.351 e. The van der Waals surface area contributed by atoms with Crippen LogP contribution in [0.2, 0.25) is 0 Å². The van der Waals surface area contributed by atoms with Gasteiger partial charge in [-0.25, -0.2) is 0 Å². The highest BCUT2D eigenvalue weighted by molar-refractivity contribution is 5.91. The number of nitrogens with one attached hydrogen (secondary N) is 2. The van der Waals surface area contributed by atoms with Gasteiger partial charge in [-0.2, -0.15) is 0 Å². The van der Waals surface area contributed by atoms with Gasteiger partial charge in [-0.05, 0) is 19.3 Å². The molecule has 3 atom stereocenters. The number of hydrogen-bond acceptors (Lipinski definition) is 4. The number of fused-ring (bicyclic) bond motifs is 2. The van der Waals surface area contributed by atoms with E-state index < -0.39 is 0 Å². The topological polar surface area (TPSA) is 67.2 Å². The number of carbonyl (C=O) groups excluding carboxylic acids is 1. The maximum Gasteiger partial charge on any atom is 0.290 e. The van der Waals surface area contributed by atoms with Crippen molar-refractivity contribution in [1.29, 1.82) is 0 Å². The van der Waals surface area contributed by atoms with Gasteiger partial charge in [-0.1, -0.05) is 5.16 Å². The van der Waals surface area contributed by atoms with E-state index in [1.165, 1.54) is 12.6 Å². The predicted molar refractivity (Wildman–Crippen MR) is 52.3 cm³/mol. The van der Waals surface area contributed by atoms with E-state index in [0.717, 1.165) is 12.8 Å². The Kier molecular flexibility index (Phi) is 1.98. The van der Waals surface area contributed by atoms with Crippen LogP contribution in [0.25, 0.3) is 0 Å². The predicted octanol–water partition coefficient (Wildman–Crippen LogP) is 0.297. The second kappa shape index (κ2) is 3.34. The molecule has 2 N–H and O–H groups in total. The lowest BCUT2D eigenvalue weighted by atomic mass is 9.95. The molecule has 5 nitrogen and oxygen atoms in total. The molecule has 0 spiro atoms. The highest BCUT2D eigenvalue weighted by Gasteiger charge is 2.39. The second-order valence-corrected chi connectivity index (χ2v) is 4.24. The summed E-state index contributed by atoms with van der Waals surface area (Å²) in [6, 6.07) is 2.87. The standard InChI is InChI=1S/C10H13N3O2/c14-10(9-3-4-11-15-9)13-8-5-6-1-2-7(8)12-6/h3-4,6-8,12H,1-2,5H2,(H,13,14). The molecule has 3 heterocycles. The van der Waals surface area contributed by atoms with Gasteiger partial charge in [0.05, 0.1) is 6.20 Å². The molecule has 1 aromatic rings. The Balaban J connectivity index is 1.64. The summed E-state index contributed by atoms with van der Waals surface area (Å²) >= 11 is 0. The molecule has 2 fully saturated rings. The summed E-state index contributed by atoms with van der Waals surface area (Å²) in [5.74, 6) is 0.129. The van der Waals surface area contributed by atoms with Crippen LogP contribution in [0, 0.1) is 0 Å². The first-order valence-electron chi connectivity index (χ1n) is 5.30. The zero-order chi connectivity index (χ0) is 10.3. The van der Waals surface area contributed by atoms with Crippen LogP contribution >= 0.6 is 0 Å². The molecule has 3 unspecified atom stereocenters. The first-order valence-corrected chi connectivity index (χ1v) is 5.30. The molecule has 3 rings (SSSR count). The molecule has 2 aliphatic heterocycles. The molecule has 5 heteroatoms. The summed E-state index contributed by atoms with van der Waals surface area (Å²) in [4.78, 5) is 11.7. The number of aromatic nitrogens is 1. The molecular formula is C10H13N3O2. The van der Waals surface area contributed by atoms with Gasteiger partial charge in [-0.15, -0.1) is 0 Å². The monoisotopic (exact) mass is 207 g/mol. The number of amides is 1. The molecule has 1 aromatic heterocycles. The van der Waals surface area contributed by atoms with Crippen molar-refractivity contribution in [3.8, 4) is 0 Å². The maximum absolute atomic E-state index is 11.7. The Morgan fingerprint density at radius 2 is 2.53 bits per heavy atom. The van der Waals surface area contributed by atoms with E-state index in [2.05, 4.69) is 15.8 Å². The van der Waals surface area contributed by atoms with E-state index in [-0.39, 0.29) is 17.7 Å². The molecule has 2 aliphatic rings. The van der Waals surface area contributed by atoms with Crippen molar-refractivity contribution in [2.24, 2.45) is 0 Å². The Bertz CT molecular complexity index is 363. The Morgan fingerprint density at radius 3 is 3.13 bits per heavy atom. The van der Waals surface area contributed by atoms with Crippen LogP contribution in [0.4, 0.5) is 0 Å². The van der Waals surface area contributed by atoms with E-state index in [0.29, 0.717) is 12.1 Å². The van der Waals surface area contributed by atoms with E-state index in [1.54, 1.807) is 6.07 Å². The van der Waals surface area contributed by atoms with Crippen LogP contribution in [0.15, 0.2) is 16.8 Å². The van der Waals surface area contributed by atoms with E-state index in [9.17, 15) is 4.79 Å². The van der Waals surface area contributed by atoms with Crippen molar-refractivity contribution in [1.82, 2.24) is 15.8 Å². The quantitative estimate of drug-likeness (QED) is 0.731. The summed E-state index contributed by atoms with van der Waals surface area (Å²) in [6.45, 7) is 0. The van der Waals surface area contributed by atoms with Gasteiger partial charge in [0.25, 0.3) is 5.91 Å². The molecule has 15 heavy (non-hydrogen) atoms. The average Bonchev–Trinajstić information content (AvgIpc) is 2.95. The maximum atomic E-state index is 11.7. The third kappa shape index (κ3) is 1.52. The van der Waals surface area contributed by atoms with E-state index in [4.69, 9.17) is 4.52 Å². The first kappa shape index (κ1) is 8.91. The Labute approximate surface area is 87.2 Å². The summed E-state index contributed by atoms with van der Waals surface area (Å²) < 4.78 is 4.80. The van der Waals surface area contributed by atoms with Crippen LogP contribution < -0.4 is 10.6 Å². The molecule has 80 valence electrons. The van der Waals surface area contributed by atoms with Crippen molar-refractivity contribution in [3.05, 3.63) is 18.0 Å².